The number of hydrogen-bond donors (Lipinski definition) is 0. The Balaban J connectivity index is 1.31. The van der Waals surface area contributed by atoms with Crippen molar-refractivity contribution in [2.24, 2.45) is 0 Å². The average Bonchev–Trinajstić information content (AvgIpc) is 3.46. The monoisotopic (exact) mass is 506 g/mol. The molecule has 37 heavy (non-hydrogen) atoms. The number of nitrogens with zero attached hydrogens (tertiary/aromatic N) is 2. The van der Waals surface area contributed by atoms with Gasteiger partial charge in [0, 0.05) is 10.9 Å². The summed E-state index contributed by atoms with van der Waals surface area (Å²) in [6.45, 7) is 0.458. The Kier molecular flexibility index (Phi) is 7.98. The molecule has 1 aromatic heterocycles. The molecule has 1 aliphatic rings. The van der Waals surface area contributed by atoms with Crippen LogP contribution in [0, 0.1) is 11.3 Å². The molecule has 4 nitrogen and oxygen atoms in total. The normalized spacial score (nSPS) is 14.2. The maximum Gasteiger partial charge on any atom is 0.161 e. The van der Waals surface area contributed by atoms with Gasteiger partial charge in [-0.05, 0) is 53.7 Å². The average molecular weight is 507 g/mol. The van der Waals surface area contributed by atoms with Crippen LogP contribution in [0.25, 0.3) is 22.9 Å². The lowest BCUT2D eigenvalue weighted by molar-refractivity contribution is 0.284. The lowest BCUT2D eigenvalue weighted by Crippen LogP contribution is -2.04. The number of nitriles is 1. The lowest BCUT2D eigenvalue weighted by Gasteiger charge is -2.22. The van der Waals surface area contributed by atoms with Gasteiger partial charge in [0.15, 0.2) is 11.5 Å². The molecule has 0 spiro atoms. The van der Waals surface area contributed by atoms with E-state index < -0.39 is 0 Å². The van der Waals surface area contributed by atoms with Gasteiger partial charge < -0.3 is 9.47 Å². The molecular weight excluding hydrogens is 476 g/mol. The van der Waals surface area contributed by atoms with Crippen LogP contribution in [0.3, 0.4) is 0 Å². The third-order valence-corrected chi connectivity index (χ3v) is 7.75. The van der Waals surface area contributed by atoms with Gasteiger partial charge in [-0.1, -0.05) is 79.9 Å². The van der Waals surface area contributed by atoms with Gasteiger partial charge in [0.05, 0.1) is 18.4 Å². The number of aromatic nitrogens is 1. The molecule has 1 heterocycles. The summed E-state index contributed by atoms with van der Waals surface area (Å²) >= 11 is 1.49. The highest BCUT2D eigenvalue weighted by Crippen LogP contribution is 2.35. The predicted octanol–water partition coefficient (Wildman–Crippen LogP) is 8.51. The lowest BCUT2D eigenvalue weighted by atomic mass is 9.84. The molecule has 3 aromatic carbocycles. The molecule has 5 rings (SSSR count). The van der Waals surface area contributed by atoms with E-state index in [4.69, 9.17) is 14.5 Å². The van der Waals surface area contributed by atoms with E-state index in [1.807, 2.05) is 60.0 Å². The second kappa shape index (κ2) is 11.9. The second-order valence-electron chi connectivity index (χ2n) is 9.35. The number of rotatable bonds is 8. The summed E-state index contributed by atoms with van der Waals surface area (Å²) in [5, 5.41) is 12.6. The number of hydrogen-bond acceptors (Lipinski definition) is 5. The first-order valence-electron chi connectivity index (χ1n) is 12.8. The fourth-order valence-electron chi connectivity index (χ4n) is 4.83. The minimum atomic E-state index is 0.458. The zero-order chi connectivity index (χ0) is 25.5. The predicted molar refractivity (Wildman–Crippen MR) is 151 cm³/mol. The molecule has 186 valence electrons. The van der Waals surface area contributed by atoms with Crippen LogP contribution in [-0.4, -0.2) is 12.1 Å². The second-order valence-corrected chi connectivity index (χ2v) is 10.2. The van der Waals surface area contributed by atoms with Crippen molar-refractivity contribution in [3.63, 3.8) is 0 Å². The van der Waals surface area contributed by atoms with E-state index in [1.54, 1.807) is 7.11 Å². The molecule has 0 saturated heterocycles. The number of methoxy groups -OCH3 is 1. The number of thiazole rings is 1. The number of allylic oxidation sites excluding steroid dienone is 1. The van der Waals surface area contributed by atoms with Crippen LogP contribution in [-0.2, 0) is 6.61 Å². The van der Waals surface area contributed by atoms with Gasteiger partial charge in [0.2, 0.25) is 0 Å². The number of ether oxygens (including phenoxy) is 2. The molecule has 0 amide bonds. The summed E-state index contributed by atoms with van der Waals surface area (Å²) in [6.07, 6.45) is 8.46. The van der Waals surface area contributed by atoms with Crippen molar-refractivity contribution in [1.29, 1.82) is 5.26 Å². The largest absolute Gasteiger partial charge is 0.493 e. The maximum absolute atomic E-state index is 9.89. The van der Waals surface area contributed by atoms with Crippen molar-refractivity contribution in [2.75, 3.05) is 7.11 Å². The van der Waals surface area contributed by atoms with Crippen molar-refractivity contribution in [2.45, 2.75) is 44.6 Å². The number of benzene rings is 3. The van der Waals surface area contributed by atoms with E-state index in [0.717, 1.165) is 22.4 Å². The molecular formula is C32H30N2O2S. The zero-order valence-electron chi connectivity index (χ0n) is 21.0. The maximum atomic E-state index is 9.89. The third-order valence-electron chi connectivity index (χ3n) is 6.87. The van der Waals surface area contributed by atoms with Gasteiger partial charge in [-0.2, -0.15) is 5.26 Å². The Morgan fingerprint density at radius 1 is 1.00 bits per heavy atom. The van der Waals surface area contributed by atoms with E-state index in [-0.39, 0.29) is 0 Å². The van der Waals surface area contributed by atoms with Crippen LogP contribution in [0.2, 0.25) is 0 Å². The summed E-state index contributed by atoms with van der Waals surface area (Å²) in [5.74, 6) is 1.98. The summed E-state index contributed by atoms with van der Waals surface area (Å²) in [6, 6.07) is 26.9. The SMILES string of the molecule is COc1cc(/C=C(\C#N)c2nc(-c3ccc(C4CCCCC4)cc3)cs2)ccc1OCc1ccccc1. The van der Waals surface area contributed by atoms with Crippen LogP contribution < -0.4 is 9.47 Å². The highest BCUT2D eigenvalue weighted by molar-refractivity contribution is 7.11. The van der Waals surface area contributed by atoms with E-state index >= 15 is 0 Å². The molecule has 5 heteroatoms. The molecule has 0 N–H and O–H groups in total. The van der Waals surface area contributed by atoms with Crippen LogP contribution >= 0.6 is 11.3 Å². The van der Waals surface area contributed by atoms with Gasteiger partial charge in [0.1, 0.15) is 17.7 Å². The first kappa shape index (κ1) is 24.8. The minimum Gasteiger partial charge on any atom is -0.493 e. The van der Waals surface area contributed by atoms with Gasteiger partial charge in [0.25, 0.3) is 0 Å². The highest BCUT2D eigenvalue weighted by atomic mass is 32.1. The molecule has 0 radical (unpaired) electrons. The van der Waals surface area contributed by atoms with E-state index in [0.29, 0.717) is 34.6 Å². The Labute approximate surface area is 222 Å². The van der Waals surface area contributed by atoms with Crippen molar-refractivity contribution >= 4 is 23.0 Å². The van der Waals surface area contributed by atoms with Gasteiger partial charge in [-0.15, -0.1) is 11.3 Å². The highest BCUT2D eigenvalue weighted by Gasteiger charge is 2.16. The third kappa shape index (κ3) is 6.10. The molecule has 0 bridgehead atoms. The van der Waals surface area contributed by atoms with Crippen LogP contribution in [0.15, 0.2) is 78.2 Å². The van der Waals surface area contributed by atoms with Crippen LogP contribution in [0.1, 0.15) is 59.7 Å². The van der Waals surface area contributed by atoms with E-state index in [9.17, 15) is 5.26 Å². The van der Waals surface area contributed by atoms with Crippen molar-refractivity contribution in [1.82, 2.24) is 4.98 Å². The quantitative estimate of drug-likeness (QED) is 0.225. The van der Waals surface area contributed by atoms with E-state index in [2.05, 4.69) is 30.3 Å². The van der Waals surface area contributed by atoms with Crippen molar-refractivity contribution in [3.05, 3.63) is 99.9 Å². The minimum absolute atomic E-state index is 0.458. The summed E-state index contributed by atoms with van der Waals surface area (Å²) < 4.78 is 11.5. The Morgan fingerprint density at radius 3 is 2.51 bits per heavy atom. The summed E-state index contributed by atoms with van der Waals surface area (Å²) in [7, 11) is 1.62. The molecule has 0 aliphatic heterocycles. The van der Waals surface area contributed by atoms with Gasteiger partial charge in [-0.25, -0.2) is 4.98 Å². The van der Waals surface area contributed by atoms with Crippen molar-refractivity contribution < 1.29 is 9.47 Å². The topological polar surface area (TPSA) is 55.1 Å². The van der Waals surface area contributed by atoms with Crippen LogP contribution in [0.4, 0.5) is 0 Å². The first-order valence-corrected chi connectivity index (χ1v) is 13.6. The molecule has 1 saturated carbocycles. The van der Waals surface area contributed by atoms with Crippen molar-refractivity contribution in [3.8, 4) is 28.8 Å². The molecule has 0 atom stereocenters. The zero-order valence-corrected chi connectivity index (χ0v) is 21.8. The Bertz CT molecular complexity index is 1390. The molecule has 1 aliphatic carbocycles. The van der Waals surface area contributed by atoms with Gasteiger partial charge >= 0.3 is 0 Å². The molecule has 1 fully saturated rings. The molecule has 4 aromatic rings. The van der Waals surface area contributed by atoms with Gasteiger partial charge in [-0.3, -0.25) is 0 Å². The molecule has 0 unspecified atom stereocenters. The summed E-state index contributed by atoms with van der Waals surface area (Å²) in [5.41, 5.74) is 5.88. The first-order chi connectivity index (χ1) is 18.2. The summed E-state index contributed by atoms with van der Waals surface area (Å²) in [4.78, 5) is 4.78. The van der Waals surface area contributed by atoms with E-state index in [1.165, 1.54) is 49.0 Å². The smallest absolute Gasteiger partial charge is 0.161 e. The van der Waals surface area contributed by atoms with Crippen LogP contribution in [0.5, 0.6) is 11.5 Å². The standard InChI is InChI=1S/C32H30N2O2S/c1-35-31-19-24(12-17-30(31)36-21-23-8-4-2-5-9-23)18-28(20-33)32-34-29(22-37-32)27-15-13-26(14-16-27)25-10-6-3-7-11-25/h2,4-5,8-9,12-19,22,25H,3,6-7,10-11,21H2,1H3/b28-18+. The Hall–Kier alpha value is -3.88. The fraction of sp³-hybridized carbons (Fsp3) is 0.250. The fourth-order valence-corrected chi connectivity index (χ4v) is 5.62. The Morgan fingerprint density at radius 2 is 1.78 bits per heavy atom.